The second-order valence-corrected chi connectivity index (χ2v) is 3.81. The number of hydrogen-bond donors (Lipinski definition) is 3. The van der Waals surface area contributed by atoms with Crippen LogP contribution < -0.4 is 10.6 Å². The van der Waals surface area contributed by atoms with Crippen LogP contribution in [0.5, 0.6) is 0 Å². The number of hydrogen-bond acceptors (Lipinski definition) is 4. The van der Waals surface area contributed by atoms with Gasteiger partial charge in [0.05, 0.1) is 5.69 Å². The van der Waals surface area contributed by atoms with E-state index in [1.807, 2.05) is 0 Å². The summed E-state index contributed by atoms with van der Waals surface area (Å²) in [6.07, 6.45) is 0. The van der Waals surface area contributed by atoms with Crippen LogP contribution in [0.4, 0.5) is 9.93 Å². The molecule has 1 aromatic rings. The summed E-state index contributed by atoms with van der Waals surface area (Å²) >= 11 is 1.28. The average Bonchev–Trinajstić information content (AvgIpc) is 2.50. The van der Waals surface area contributed by atoms with Crippen LogP contribution in [0.2, 0.25) is 0 Å². The topological polar surface area (TPSA) is 91.3 Å². The van der Waals surface area contributed by atoms with Crippen LogP contribution in [0, 0.1) is 6.92 Å². The van der Waals surface area contributed by atoms with Gasteiger partial charge in [-0.05, 0) is 13.8 Å². The number of nitrogens with zero attached hydrogens (tertiary/aromatic N) is 1. The first kappa shape index (κ1) is 11.4. The minimum Gasteiger partial charge on any atom is -0.480 e. The van der Waals surface area contributed by atoms with E-state index in [0.29, 0.717) is 5.13 Å². The molecule has 1 aromatic heterocycles. The largest absolute Gasteiger partial charge is 0.480 e. The second-order valence-electron chi connectivity index (χ2n) is 2.95. The van der Waals surface area contributed by atoms with Crippen molar-refractivity contribution in [2.45, 2.75) is 19.9 Å². The predicted octanol–water partition coefficient (Wildman–Crippen LogP) is 1.05. The SMILES string of the molecule is Cc1csc(NC(=O)NC(C)C(=O)O)n1. The van der Waals surface area contributed by atoms with Gasteiger partial charge in [0.1, 0.15) is 6.04 Å². The number of aliphatic carboxylic acids is 1. The van der Waals surface area contributed by atoms with Gasteiger partial charge >= 0.3 is 12.0 Å². The fourth-order valence-electron chi connectivity index (χ4n) is 0.803. The van der Waals surface area contributed by atoms with Gasteiger partial charge in [0.25, 0.3) is 0 Å². The molecule has 0 saturated heterocycles. The molecule has 7 heteroatoms. The number of thiazole rings is 1. The molecule has 0 radical (unpaired) electrons. The van der Waals surface area contributed by atoms with E-state index in [9.17, 15) is 9.59 Å². The third kappa shape index (κ3) is 3.55. The van der Waals surface area contributed by atoms with Gasteiger partial charge in [-0.25, -0.2) is 9.78 Å². The van der Waals surface area contributed by atoms with Crippen molar-refractivity contribution in [2.75, 3.05) is 5.32 Å². The molecule has 1 heterocycles. The van der Waals surface area contributed by atoms with Gasteiger partial charge in [0.15, 0.2) is 5.13 Å². The third-order valence-corrected chi connectivity index (χ3v) is 2.43. The average molecular weight is 229 g/mol. The highest BCUT2D eigenvalue weighted by Crippen LogP contribution is 2.13. The fourth-order valence-corrected chi connectivity index (χ4v) is 1.49. The van der Waals surface area contributed by atoms with Gasteiger partial charge in [-0.15, -0.1) is 11.3 Å². The number of aromatic nitrogens is 1. The first-order chi connectivity index (χ1) is 6.99. The van der Waals surface area contributed by atoms with Crippen LogP contribution in [-0.4, -0.2) is 28.1 Å². The molecule has 0 aliphatic rings. The second kappa shape index (κ2) is 4.74. The molecule has 2 amide bonds. The maximum Gasteiger partial charge on any atom is 0.325 e. The Hall–Kier alpha value is -1.63. The molecule has 82 valence electrons. The summed E-state index contributed by atoms with van der Waals surface area (Å²) in [6.45, 7) is 3.19. The smallest absolute Gasteiger partial charge is 0.325 e. The maximum absolute atomic E-state index is 11.2. The Morgan fingerprint density at radius 3 is 2.73 bits per heavy atom. The van der Waals surface area contributed by atoms with Crippen molar-refractivity contribution in [1.82, 2.24) is 10.3 Å². The summed E-state index contributed by atoms with van der Waals surface area (Å²) in [5.41, 5.74) is 0.807. The first-order valence-electron chi connectivity index (χ1n) is 4.21. The van der Waals surface area contributed by atoms with Crippen molar-refractivity contribution in [3.05, 3.63) is 11.1 Å². The highest BCUT2D eigenvalue weighted by molar-refractivity contribution is 7.13. The van der Waals surface area contributed by atoms with E-state index in [4.69, 9.17) is 5.11 Å². The minimum atomic E-state index is -1.08. The van der Waals surface area contributed by atoms with Crippen LogP contribution >= 0.6 is 11.3 Å². The van der Waals surface area contributed by atoms with Gasteiger partial charge in [-0.1, -0.05) is 0 Å². The van der Waals surface area contributed by atoms with Crippen molar-refractivity contribution in [3.63, 3.8) is 0 Å². The standard InChI is InChI=1S/C8H11N3O3S/c1-4-3-15-8(9-4)11-7(14)10-5(2)6(12)13/h3,5H,1-2H3,(H,12,13)(H2,9,10,11,14). The lowest BCUT2D eigenvalue weighted by Crippen LogP contribution is -2.40. The first-order valence-corrected chi connectivity index (χ1v) is 5.09. The summed E-state index contributed by atoms with van der Waals surface area (Å²) < 4.78 is 0. The van der Waals surface area contributed by atoms with E-state index in [0.717, 1.165) is 5.69 Å². The number of aryl methyl sites for hydroxylation is 1. The number of carbonyl (C=O) groups excluding carboxylic acids is 1. The maximum atomic E-state index is 11.2. The quantitative estimate of drug-likeness (QED) is 0.722. The van der Waals surface area contributed by atoms with E-state index in [2.05, 4.69) is 15.6 Å². The fraction of sp³-hybridized carbons (Fsp3) is 0.375. The molecule has 0 aliphatic carbocycles. The Balaban J connectivity index is 2.46. The van der Waals surface area contributed by atoms with E-state index in [-0.39, 0.29) is 0 Å². The van der Waals surface area contributed by atoms with Gasteiger partial charge in [-0.3, -0.25) is 10.1 Å². The molecule has 1 rings (SSSR count). The van der Waals surface area contributed by atoms with Crippen molar-refractivity contribution in [1.29, 1.82) is 0 Å². The normalized spacial score (nSPS) is 11.9. The molecule has 0 bridgehead atoms. The van der Waals surface area contributed by atoms with Gasteiger partial charge in [-0.2, -0.15) is 0 Å². The Kier molecular flexibility index (Phi) is 3.62. The third-order valence-electron chi connectivity index (χ3n) is 1.56. The van der Waals surface area contributed by atoms with E-state index >= 15 is 0 Å². The van der Waals surface area contributed by atoms with Gasteiger partial charge < -0.3 is 10.4 Å². The van der Waals surface area contributed by atoms with E-state index in [1.54, 1.807) is 12.3 Å². The molecule has 0 fully saturated rings. The summed E-state index contributed by atoms with van der Waals surface area (Å²) in [7, 11) is 0. The predicted molar refractivity (Wildman–Crippen MR) is 56.1 cm³/mol. The number of anilines is 1. The summed E-state index contributed by atoms with van der Waals surface area (Å²) in [5.74, 6) is -1.08. The Bertz CT molecular complexity index is 377. The highest BCUT2D eigenvalue weighted by Gasteiger charge is 2.14. The van der Waals surface area contributed by atoms with E-state index in [1.165, 1.54) is 18.3 Å². The van der Waals surface area contributed by atoms with Crippen LogP contribution in [0.15, 0.2) is 5.38 Å². The van der Waals surface area contributed by atoms with Crippen molar-refractivity contribution in [3.8, 4) is 0 Å². The number of nitrogens with one attached hydrogen (secondary N) is 2. The molecular weight excluding hydrogens is 218 g/mol. The lowest BCUT2D eigenvalue weighted by atomic mass is 10.3. The highest BCUT2D eigenvalue weighted by atomic mass is 32.1. The zero-order chi connectivity index (χ0) is 11.4. The van der Waals surface area contributed by atoms with Crippen molar-refractivity contribution < 1.29 is 14.7 Å². The number of urea groups is 1. The van der Waals surface area contributed by atoms with Crippen LogP contribution in [0.1, 0.15) is 12.6 Å². The van der Waals surface area contributed by atoms with Crippen molar-refractivity contribution >= 4 is 28.5 Å². The molecular formula is C8H11N3O3S. The molecule has 1 atom stereocenters. The molecule has 0 saturated carbocycles. The van der Waals surface area contributed by atoms with Crippen molar-refractivity contribution in [2.24, 2.45) is 0 Å². The molecule has 1 unspecified atom stereocenters. The zero-order valence-electron chi connectivity index (χ0n) is 8.27. The molecule has 15 heavy (non-hydrogen) atoms. The molecule has 0 spiro atoms. The van der Waals surface area contributed by atoms with Crippen LogP contribution in [0.3, 0.4) is 0 Å². The Morgan fingerprint density at radius 2 is 2.27 bits per heavy atom. The lowest BCUT2D eigenvalue weighted by molar-refractivity contribution is -0.138. The Morgan fingerprint density at radius 1 is 1.60 bits per heavy atom. The molecule has 3 N–H and O–H groups in total. The van der Waals surface area contributed by atoms with Crippen LogP contribution in [0.25, 0.3) is 0 Å². The summed E-state index contributed by atoms with van der Waals surface area (Å²) in [5, 5.41) is 15.5. The van der Waals surface area contributed by atoms with Gasteiger partial charge in [0, 0.05) is 5.38 Å². The van der Waals surface area contributed by atoms with Crippen LogP contribution in [-0.2, 0) is 4.79 Å². The lowest BCUT2D eigenvalue weighted by Gasteiger charge is -2.08. The van der Waals surface area contributed by atoms with Gasteiger partial charge in [0.2, 0.25) is 0 Å². The minimum absolute atomic E-state index is 0.447. The monoisotopic (exact) mass is 229 g/mol. The number of carboxylic acid groups (broad SMARTS) is 1. The molecule has 0 aromatic carbocycles. The number of carboxylic acids is 1. The summed E-state index contributed by atoms with van der Waals surface area (Å²) in [6, 6.07) is -1.50. The molecule has 6 nitrogen and oxygen atoms in total. The number of amides is 2. The summed E-state index contributed by atoms with van der Waals surface area (Å²) in [4.78, 5) is 25.7. The van der Waals surface area contributed by atoms with E-state index < -0.39 is 18.0 Å². The molecule has 0 aliphatic heterocycles. The number of carbonyl (C=O) groups is 2. The number of rotatable bonds is 3. The zero-order valence-corrected chi connectivity index (χ0v) is 9.09. The Labute approximate surface area is 90.3 Å².